The molecule has 1 aromatic carbocycles. The van der Waals surface area contributed by atoms with Crippen molar-refractivity contribution in [1.29, 1.82) is 0 Å². The minimum atomic E-state index is -0.417. The molecule has 0 atom stereocenters. The zero-order valence-electron chi connectivity index (χ0n) is 16.9. The second-order valence-corrected chi connectivity index (χ2v) is 6.92. The van der Waals surface area contributed by atoms with Gasteiger partial charge in [0.1, 0.15) is 18.0 Å². The van der Waals surface area contributed by atoms with Crippen molar-refractivity contribution in [2.45, 2.75) is 40.8 Å². The highest BCUT2D eigenvalue weighted by Crippen LogP contribution is 2.22. The fourth-order valence-corrected chi connectivity index (χ4v) is 3.23. The van der Waals surface area contributed by atoms with Gasteiger partial charge in [0.2, 0.25) is 0 Å². The van der Waals surface area contributed by atoms with Crippen LogP contribution in [0.2, 0.25) is 0 Å². The maximum Gasteiger partial charge on any atom is 0.338 e. The SMILES string of the molecule is Cc1cc(C)n(CCOC(=O)c2ccc(Cn3nc(C)c([N+](=O)[O-])c3C)cc2)n1. The molecule has 3 aromatic rings. The number of hydrogen-bond donors (Lipinski definition) is 0. The van der Waals surface area contributed by atoms with Crippen LogP contribution >= 0.6 is 0 Å². The van der Waals surface area contributed by atoms with E-state index in [0.29, 0.717) is 30.0 Å². The van der Waals surface area contributed by atoms with E-state index < -0.39 is 10.9 Å². The Labute approximate surface area is 168 Å². The minimum absolute atomic E-state index is 0.0350. The van der Waals surface area contributed by atoms with Gasteiger partial charge in [-0.15, -0.1) is 0 Å². The van der Waals surface area contributed by atoms with Gasteiger partial charge in [-0.05, 0) is 51.5 Å². The first kappa shape index (κ1) is 20.2. The molecule has 0 fully saturated rings. The van der Waals surface area contributed by atoms with E-state index in [9.17, 15) is 14.9 Å². The Bertz CT molecular complexity index is 1050. The number of nitro groups is 1. The minimum Gasteiger partial charge on any atom is -0.460 e. The fraction of sp³-hybridized carbons (Fsp3) is 0.350. The van der Waals surface area contributed by atoms with Crippen molar-refractivity contribution >= 4 is 11.7 Å². The molecule has 0 aliphatic carbocycles. The summed E-state index contributed by atoms with van der Waals surface area (Å²) >= 11 is 0. The van der Waals surface area contributed by atoms with E-state index in [1.54, 1.807) is 47.5 Å². The van der Waals surface area contributed by atoms with E-state index in [4.69, 9.17) is 4.74 Å². The maximum absolute atomic E-state index is 12.2. The van der Waals surface area contributed by atoms with Crippen LogP contribution in [0.5, 0.6) is 0 Å². The molecule has 2 heterocycles. The number of hydrogen-bond acceptors (Lipinski definition) is 6. The number of carbonyl (C=O) groups excluding carboxylic acids is 1. The van der Waals surface area contributed by atoms with Crippen LogP contribution in [0.15, 0.2) is 30.3 Å². The van der Waals surface area contributed by atoms with Crippen molar-refractivity contribution in [1.82, 2.24) is 19.6 Å². The second kappa shape index (κ2) is 8.26. The summed E-state index contributed by atoms with van der Waals surface area (Å²) in [5, 5.41) is 19.7. The number of benzene rings is 1. The molecule has 0 aliphatic rings. The predicted molar refractivity (Wildman–Crippen MR) is 106 cm³/mol. The number of rotatable bonds is 7. The van der Waals surface area contributed by atoms with Crippen LogP contribution in [-0.2, 0) is 17.8 Å². The first-order valence-corrected chi connectivity index (χ1v) is 9.21. The molecule has 0 aliphatic heterocycles. The van der Waals surface area contributed by atoms with E-state index >= 15 is 0 Å². The number of esters is 1. The van der Waals surface area contributed by atoms with Crippen molar-refractivity contribution in [2.24, 2.45) is 0 Å². The standard InChI is InChI=1S/C20H23N5O4/c1-13-11-14(2)23(21-13)9-10-29-20(26)18-7-5-17(6-8-18)12-24-16(4)19(25(27)28)15(3)22-24/h5-8,11H,9-10,12H2,1-4H3. The lowest BCUT2D eigenvalue weighted by Gasteiger charge is -2.08. The highest BCUT2D eigenvalue weighted by molar-refractivity contribution is 5.89. The topological polar surface area (TPSA) is 105 Å². The molecular weight excluding hydrogens is 374 g/mol. The van der Waals surface area contributed by atoms with Crippen molar-refractivity contribution in [3.8, 4) is 0 Å². The Morgan fingerprint density at radius 2 is 1.79 bits per heavy atom. The number of aryl methyl sites for hydroxylation is 3. The van der Waals surface area contributed by atoms with E-state index in [0.717, 1.165) is 17.0 Å². The summed E-state index contributed by atoms with van der Waals surface area (Å²) in [6.07, 6.45) is 0. The molecule has 0 amide bonds. The van der Waals surface area contributed by atoms with Crippen LogP contribution in [0.3, 0.4) is 0 Å². The lowest BCUT2D eigenvalue weighted by Crippen LogP contribution is -2.13. The first-order valence-electron chi connectivity index (χ1n) is 9.21. The molecule has 0 spiro atoms. The van der Waals surface area contributed by atoms with Gasteiger partial charge in [0.25, 0.3) is 0 Å². The van der Waals surface area contributed by atoms with Crippen LogP contribution in [0.4, 0.5) is 5.69 Å². The van der Waals surface area contributed by atoms with E-state index in [1.165, 1.54) is 0 Å². The number of carbonyl (C=O) groups is 1. The molecule has 0 unspecified atom stereocenters. The molecule has 152 valence electrons. The lowest BCUT2D eigenvalue weighted by atomic mass is 10.1. The van der Waals surface area contributed by atoms with E-state index in [-0.39, 0.29) is 12.3 Å². The van der Waals surface area contributed by atoms with Gasteiger partial charge in [-0.1, -0.05) is 12.1 Å². The Hall–Kier alpha value is -3.49. The summed E-state index contributed by atoms with van der Waals surface area (Å²) in [5.74, 6) is -0.403. The molecule has 3 rings (SSSR count). The molecule has 0 N–H and O–H groups in total. The second-order valence-electron chi connectivity index (χ2n) is 6.92. The molecule has 0 saturated heterocycles. The summed E-state index contributed by atoms with van der Waals surface area (Å²) in [6, 6.07) is 8.92. The molecule has 2 aromatic heterocycles. The number of ether oxygens (including phenoxy) is 1. The average molecular weight is 397 g/mol. The van der Waals surface area contributed by atoms with Gasteiger partial charge in [-0.2, -0.15) is 10.2 Å². The van der Waals surface area contributed by atoms with Crippen molar-refractivity contribution in [3.05, 3.63) is 74.3 Å². The quantitative estimate of drug-likeness (QED) is 0.345. The van der Waals surface area contributed by atoms with Gasteiger partial charge in [-0.25, -0.2) is 4.79 Å². The van der Waals surface area contributed by atoms with Gasteiger partial charge in [0, 0.05) is 5.69 Å². The Morgan fingerprint density at radius 3 is 2.34 bits per heavy atom. The maximum atomic E-state index is 12.2. The fourth-order valence-electron chi connectivity index (χ4n) is 3.23. The predicted octanol–water partition coefficient (Wildman–Crippen LogP) is 3.13. The van der Waals surface area contributed by atoms with Gasteiger partial charge in [0.05, 0.1) is 29.3 Å². The highest BCUT2D eigenvalue weighted by Gasteiger charge is 2.21. The molecule has 0 saturated carbocycles. The highest BCUT2D eigenvalue weighted by atomic mass is 16.6. The molecule has 9 nitrogen and oxygen atoms in total. The molecular formula is C20H23N5O4. The summed E-state index contributed by atoms with van der Waals surface area (Å²) in [7, 11) is 0. The average Bonchev–Trinajstić information content (AvgIpc) is 3.12. The van der Waals surface area contributed by atoms with Gasteiger partial charge in [0.15, 0.2) is 0 Å². The number of nitrogens with zero attached hydrogens (tertiary/aromatic N) is 5. The Kier molecular flexibility index (Phi) is 5.76. The third-order valence-electron chi connectivity index (χ3n) is 4.69. The van der Waals surface area contributed by atoms with Gasteiger partial charge < -0.3 is 4.74 Å². The Morgan fingerprint density at radius 1 is 1.10 bits per heavy atom. The van der Waals surface area contributed by atoms with Crippen LogP contribution in [0.1, 0.15) is 38.7 Å². The first-order chi connectivity index (χ1) is 13.8. The van der Waals surface area contributed by atoms with E-state index in [1.807, 2.05) is 19.9 Å². The molecule has 9 heteroatoms. The molecule has 29 heavy (non-hydrogen) atoms. The third-order valence-corrected chi connectivity index (χ3v) is 4.69. The van der Waals surface area contributed by atoms with Crippen molar-refractivity contribution < 1.29 is 14.5 Å². The lowest BCUT2D eigenvalue weighted by molar-refractivity contribution is -0.386. The van der Waals surface area contributed by atoms with Crippen LogP contribution in [0, 0.1) is 37.8 Å². The van der Waals surface area contributed by atoms with Crippen LogP contribution in [-0.4, -0.2) is 37.1 Å². The molecule has 0 bridgehead atoms. The van der Waals surface area contributed by atoms with E-state index in [2.05, 4.69) is 10.2 Å². The smallest absolute Gasteiger partial charge is 0.338 e. The third kappa shape index (κ3) is 4.50. The van der Waals surface area contributed by atoms with Gasteiger partial charge in [-0.3, -0.25) is 19.5 Å². The molecule has 0 radical (unpaired) electrons. The summed E-state index contributed by atoms with van der Waals surface area (Å²) in [4.78, 5) is 22.9. The van der Waals surface area contributed by atoms with Crippen LogP contribution < -0.4 is 0 Å². The van der Waals surface area contributed by atoms with Crippen molar-refractivity contribution in [2.75, 3.05) is 6.61 Å². The zero-order valence-corrected chi connectivity index (χ0v) is 16.9. The zero-order chi connectivity index (χ0) is 21.1. The summed E-state index contributed by atoms with van der Waals surface area (Å²) < 4.78 is 8.72. The monoisotopic (exact) mass is 397 g/mol. The Balaban J connectivity index is 1.60. The normalized spacial score (nSPS) is 10.9. The largest absolute Gasteiger partial charge is 0.460 e. The van der Waals surface area contributed by atoms with Crippen LogP contribution in [0.25, 0.3) is 0 Å². The summed E-state index contributed by atoms with van der Waals surface area (Å²) in [5.41, 5.74) is 4.19. The summed E-state index contributed by atoms with van der Waals surface area (Å²) in [6.45, 7) is 8.28. The van der Waals surface area contributed by atoms with Gasteiger partial charge >= 0.3 is 11.7 Å². The van der Waals surface area contributed by atoms with Crippen molar-refractivity contribution in [3.63, 3.8) is 0 Å². The number of aromatic nitrogens is 4.